The van der Waals surface area contributed by atoms with Crippen molar-refractivity contribution in [2.75, 3.05) is 19.7 Å². The molecule has 0 aliphatic rings. The number of ether oxygens (including phenoxy) is 1. The van der Waals surface area contributed by atoms with Crippen molar-refractivity contribution in [1.82, 2.24) is 5.32 Å². The average Bonchev–Trinajstić information content (AvgIpc) is 2.36. The maximum Gasteiger partial charge on any atom is 0.119 e. The molecule has 0 bridgehead atoms. The molecule has 0 aliphatic carbocycles. The monoisotopic (exact) mass is 236 g/mol. The van der Waals surface area contributed by atoms with Crippen LogP contribution in [0.25, 0.3) is 0 Å². The Bertz CT molecular complexity index is 298. The molecule has 3 nitrogen and oxygen atoms in total. The van der Waals surface area contributed by atoms with E-state index in [4.69, 9.17) is 10.5 Å². The normalized spacial score (nSPS) is 12.4. The summed E-state index contributed by atoms with van der Waals surface area (Å²) in [4.78, 5) is 0. The maximum atomic E-state index is 5.79. The van der Waals surface area contributed by atoms with E-state index < -0.39 is 0 Å². The largest absolute Gasteiger partial charge is 0.494 e. The molecule has 0 fully saturated rings. The topological polar surface area (TPSA) is 47.3 Å². The molecule has 1 aromatic carbocycles. The van der Waals surface area contributed by atoms with Crippen LogP contribution < -0.4 is 15.8 Å². The van der Waals surface area contributed by atoms with Crippen molar-refractivity contribution < 1.29 is 4.74 Å². The molecule has 0 amide bonds. The molecule has 0 aromatic heterocycles. The first-order valence-electron chi connectivity index (χ1n) is 6.48. The van der Waals surface area contributed by atoms with Crippen LogP contribution in [-0.4, -0.2) is 19.7 Å². The smallest absolute Gasteiger partial charge is 0.119 e. The van der Waals surface area contributed by atoms with E-state index in [-0.39, 0.29) is 6.04 Å². The summed E-state index contributed by atoms with van der Waals surface area (Å²) in [7, 11) is 0. The van der Waals surface area contributed by atoms with E-state index in [1.54, 1.807) is 0 Å². The number of rotatable bonds is 8. The van der Waals surface area contributed by atoms with E-state index in [2.05, 4.69) is 24.4 Å². The van der Waals surface area contributed by atoms with Crippen molar-refractivity contribution >= 4 is 0 Å². The van der Waals surface area contributed by atoms with Crippen LogP contribution in [0.4, 0.5) is 0 Å². The first kappa shape index (κ1) is 14.0. The van der Waals surface area contributed by atoms with Crippen LogP contribution in [0.5, 0.6) is 5.75 Å². The number of unbranched alkanes of at least 4 members (excludes halogenated alkanes) is 1. The van der Waals surface area contributed by atoms with Crippen LogP contribution in [0.2, 0.25) is 0 Å². The summed E-state index contributed by atoms with van der Waals surface area (Å²) in [6, 6.07) is 8.42. The van der Waals surface area contributed by atoms with Gasteiger partial charge < -0.3 is 15.8 Å². The summed E-state index contributed by atoms with van der Waals surface area (Å²) in [6.07, 6.45) is 2.39. The Hall–Kier alpha value is -1.06. The van der Waals surface area contributed by atoms with Crippen molar-refractivity contribution in [2.45, 2.75) is 32.7 Å². The van der Waals surface area contributed by atoms with Crippen molar-refractivity contribution in [2.24, 2.45) is 5.73 Å². The Morgan fingerprint density at radius 3 is 2.47 bits per heavy atom. The summed E-state index contributed by atoms with van der Waals surface area (Å²) in [5.41, 5.74) is 7.02. The first-order valence-corrected chi connectivity index (χ1v) is 6.48. The SMILES string of the molecule is CCCCNC(CN)c1ccc(OCC)cc1. The molecular formula is C14H24N2O. The zero-order valence-corrected chi connectivity index (χ0v) is 10.9. The molecule has 0 radical (unpaired) electrons. The van der Waals surface area contributed by atoms with E-state index in [0.717, 1.165) is 12.3 Å². The second-order valence-electron chi connectivity index (χ2n) is 4.10. The number of benzene rings is 1. The number of hydrogen-bond acceptors (Lipinski definition) is 3. The Labute approximate surface area is 104 Å². The lowest BCUT2D eigenvalue weighted by Crippen LogP contribution is -2.28. The summed E-state index contributed by atoms with van der Waals surface area (Å²) >= 11 is 0. The number of nitrogens with two attached hydrogens (primary N) is 1. The predicted octanol–water partition coefficient (Wildman–Crippen LogP) is 2.47. The van der Waals surface area contributed by atoms with Gasteiger partial charge in [-0.25, -0.2) is 0 Å². The van der Waals surface area contributed by atoms with Crippen LogP contribution in [0.1, 0.15) is 38.3 Å². The van der Waals surface area contributed by atoms with Gasteiger partial charge in [-0.15, -0.1) is 0 Å². The highest BCUT2D eigenvalue weighted by atomic mass is 16.5. The van der Waals surface area contributed by atoms with E-state index in [1.165, 1.54) is 18.4 Å². The molecule has 0 aliphatic heterocycles. The summed E-state index contributed by atoms with van der Waals surface area (Å²) in [5, 5.41) is 3.47. The number of hydrogen-bond donors (Lipinski definition) is 2. The lowest BCUT2D eigenvalue weighted by Gasteiger charge is -2.17. The molecule has 1 aromatic rings. The van der Waals surface area contributed by atoms with E-state index >= 15 is 0 Å². The lowest BCUT2D eigenvalue weighted by atomic mass is 10.1. The van der Waals surface area contributed by atoms with Crippen LogP contribution in [0.3, 0.4) is 0 Å². The first-order chi connectivity index (χ1) is 8.31. The molecule has 0 spiro atoms. The second-order valence-corrected chi connectivity index (χ2v) is 4.10. The summed E-state index contributed by atoms with van der Waals surface area (Å²) in [6.45, 7) is 6.52. The van der Waals surface area contributed by atoms with Gasteiger partial charge in [0.05, 0.1) is 6.61 Å². The van der Waals surface area contributed by atoms with Gasteiger partial charge in [0.1, 0.15) is 5.75 Å². The molecule has 1 unspecified atom stereocenters. The quantitative estimate of drug-likeness (QED) is 0.682. The number of nitrogens with one attached hydrogen (secondary N) is 1. The maximum absolute atomic E-state index is 5.79. The molecule has 0 heterocycles. The minimum atomic E-state index is 0.247. The molecule has 17 heavy (non-hydrogen) atoms. The van der Waals surface area contributed by atoms with Gasteiger partial charge >= 0.3 is 0 Å². The van der Waals surface area contributed by atoms with E-state index in [9.17, 15) is 0 Å². The fourth-order valence-corrected chi connectivity index (χ4v) is 1.75. The highest BCUT2D eigenvalue weighted by molar-refractivity contribution is 5.29. The van der Waals surface area contributed by atoms with Crippen molar-refractivity contribution in [3.05, 3.63) is 29.8 Å². The van der Waals surface area contributed by atoms with Gasteiger partial charge in [0.15, 0.2) is 0 Å². The molecule has 1 rings (SSSR count). The summed E-state index contributed by atoms with van der Waals surface area (Å²) < 4.78 is 5.42. The van der Waals surface area contributed by atoms with Crippen LogP contribution >= 0.6 is 0 Å². The summed E-state index contributed by atoms with van der Waals surface area (Å²) in [5.74, 6) is 0.917. The minimum absolute atomic E-state index is 0.247. The lowest BCUT2D eigenvalue weighted by molar-refractivity contribution is 0.340. The van der Waals surface area contributed by atoms with Gasteiger partial charge in [-0.3, -0.25) is 0 Å². The standard InChI is InChI=1S/C14H24N2O/c1-3-5-10-16-14(11-15)12-6-8-13(9-7-12)17-4-2/h6-9,14,16H,3-5,10-11,15H2,1-2H3. The van der Waals surface area contributed by atoms with Crippen molar-refractivity contribution in [3.63, 3.8) is 0 Å². The Morgan fingerprint density at radius 2 is 1.94 bits per heavy atom. The van der Waals surface area contributed by atoms with E-state index in [1.807, 2.05) is 19.1 Å². The molecule has 3 heteroatoms. The van der Waals surface area contributed by atoms with E-state index in [0.29, 0.717) is 13.2 Å². The molecular weight excluding hydrogens is 212 g/mol. The Balaban J connectivity index is 2.55. The van der Waals surface area contributed by atoms with Crippen LogP contribution in [-0.2, 0) is 0 Å². The van der Waals surface area contributed by atoms with Crippen molar-refractivity contribution in [3.8, 4) is 5.75 Å². The van der Waals surface area contributed by atoms with Crippen molar-refractivity contribution in [1.29, 1.82) is 0 Å². The fourth-order valence-electron chi connectivity index (χ4n) is 1.75. The van der Waals surface area contributed by atoms with Crippen LogP contribution in [0, 0.1) is 0 Å². The molecule has 3 N–H and O–H groups in total. The average molecular weight is 236 g/mol. The third kappa shape index (κ3) is 4.75. The van der Waals surface area contributed by atoms with Gasteiger partial charge in [-0.2, -0.15) is 0 Å². The van der Waals surface area contributed by atoms with Gasteiger partial charge in [-0.05, 0) is 37.6 Å². The van der Waals surface area contributed by atoms with Gasteiger partial charge in [0.2, 0.25) is 0 Å². The molecule has 96 valence electrons. The minimum Gasteiger partial charge on any atom is -0.494 e. The Kier molecular flexibility index (Phi) is 6.67. The van der Waals surface area contributed by atoms with Gasteiger partial charge in [0.25, 0.3) is 0 Å². The molecule has 0 saturated heterocycles. The van der Waals surface area contributed by atoms with Crippen LogP contribution in [0.15, 0.2) is 24.3 Å². The predicted molar refractivity (Wildman–Crippen MR) is 72.3 cm³/mol. The van der Waals surface area contributed by atoms with Gasteiger partial charge in [-0.1, -0.05) is 25.5 Å². The fraction of sp³-hybridized carbons (Fsp3) is 0.571. The molecule has 0 saturated carbocycles. The molecule has 1 atom stereocenters. The zero-order valence-electron chi connectivity index (χ0n) is 10.9. The second kappa shape index (κ2) is 8.09. The third-order valence-electron chi connectivity index (χ3n) is 2.75. The highest BCUT2D eigenvalue weighted by Crippen LogP contribution is 2.17. The van der Waals surface area contributed by atoms with Gasteiger partial charge in [0, 0.05) is 12.6 Å². The zero-order chi connectivity index (χ0) is 12.5. The highest BCUT2D eigenvalue weighted by Gasteiger charge is 2.08. The Morgan fingerprint density at radius 1 is 1.24 bits per heavy atom. The third-order valence-corrected chi connectivity index (χ3v) is 2.75.